The van der Waals surface area contributed by atoms with Crippen molar-refractivity contribution in [3.8, 4) is 0 Å². The molecule has 25 heavy (non-hydrogen) atoms. The number of ether oxygens (including phenoxy) is 2. The number of hydrogen-bond donors (Lipinski definition) is 3. The smallest absolute Gasteiger partial charge is 0.341 e. The van der Waals surface area contributed by atoms with Crippen LogP contribution < -0.4 is 16.1 Å². The molecular weight excluding hydrogens is 326 g/mol. The highest BCUT2D eigenvalue weighted by atomic mass is 16.5. The molecule has 0 spiro atoms. The van der Waals surface area contributed by atoms with Gasteiger partial charge in [-0.1, -0.05) is 0 Å². The van der Waals surface area contributed by atoms with Crippen molar-refractivity contribution in [1.29, 1.82) is 0 Å². The molecule has 0 aromatic carbocycles. The second kappa shape index (κ2) is 6.84. The average molecular weight is 345 g/mol. The molecule has 1 aliphatic carbocycles. The average Bonchev–Trinajstić information content (AvgIpc) is 3.23. The maximum Gasteiger partial charge on any atom is 0.341 e. The highest BCUT2D eigenvalue weighted by molar-refractivity contribution is 6.05. The van der Waals surface area contributed by atoms with Gasteiger partial charge in [0.2, 0.25) is 0 Å². The summed E-state index contributed by atoms with van der Waals surface area (Å²) in [5, 5.41) is 6.54. The number of aromatic amines is 3. The normalized spacial score (nSPS) is 13.8. The van der Waals surface area contributed by atoms with Crippen LogP contribution in [0.15, 0.2) is 11.0 Å². The van der Waals surface area contributed by atoms with E-state index in [9.17, 15) is 14.4 Å². The lowest BCUT2D eigenvalue weighted by molar-refractivity contribution is 0.0480. The Morgan fingerprint density at radius 3 is 2.44 bits per heavy atom. The van der Waals surface area contributed by atoms with Crippen molar-refractivity contribution in [2.24, 2.45) is 0 Å². The minimum absolute atomic E-state index is 0.0626. The van der Waals surface area contributed by atoms with E-state index in [4.69, 9.17) is 9.47 Å². The highest BCUT2D eigenvalue weighted by Crippen LogP contribution is 2.26. The van der Waals surface area contributed by atoms with Crippen molar-refractivity contribution < 1.29 is 19.1 Å². The van der Waals surface area contributed by atoms with Crippen LogP contribution in [-0.2, 0) is 9.47 Å². The molecule has 0 unspecified atom stereocenters. The molecule has 1 saturated carbocycles. The third kappa shape index (κ3) is 3.28. The summed E-state index contributed by atoms with van der Waals surface area (Å²) >= 11 is 0. The van der Waals surface area contributed by atoms with Gasteiger partial charge in [-0.15, -0.1) is 0 Å². The van der Waals surface area contributed by atoms with E-state index < -0.39 is 11.9 Å². The first-order valence-electron chi connectivity index (χ1n) is 8.12. The molecule has 0 saturated heterocycles. The molecule has 8 heteroatoms. The monoisotopic (exact) mass is 345 g/mol. The quantitative estimate of drug-likeness (QED) is 0.667. The van der Waals surface area contributed by atoms with Crippen LogP contribution in [0.5, 0.6) is 0 Å². The van der Waals surface area contributed by atoms with Crippen molar-refractivity contribution in [3.05, 3.63) is 43.9 Å². The molecule has 1 aliphatic rings. The number of H-pyrrole nitrogens is 3. The van der Waals surface area contributed by atoms with E-state index in [0.717, 1.165) is 23.8 Å². The number of nitrogens with one attached hydrogen (secondary N) is 3. The lowest BCUT2D eigenvalue weighted by Crippen LogP contribution is -2.33. The Morgan fingerprint density at radius 2 is 1.80 bits per heavy atom. The predicted octanol–water partition coefficient (Wildman–Crippen LogP) is 0.158. The fourth-order valence-corrected chi connectivity index (χ4v) is 2.59. The minimum atomic E-state index is -0.648. The van der Waals surface area contributed by atoms with E-state index in [1.807, 2.05) is 0 Å². The minimum Gasteiger partial charge on any atom is -0.462 e. The Morgan fingerprint density at radius 1 is 1.12 bits per heavy atom. The molecule has 0 atom stereocenters. The van der Waals surface area contributed by atoms with Crippen molar-refractivity contribution in [3.63, 3.8) is 0 Å². The van der Waals surface area contributed by atoms with Crippen LogP contribution in [0, 0.1) is 0 Å². The van der Waals surface area contributed by atoms with Crippen LogP contribution in [0.1, 0.15) is 53.1 Å². The van der Waals surface area contributed by atoms with Gasteiger partial charge in [0.15, 0.2) is 0 Å². The van der Waals surface area contributed by atoms with Gasteiger partial charge in [-0.25, -0.2) is 9.59 Å². The van der Waals surface area contributed by atoms with Gasteiger partial charge in [0.1, 0.15) is 0 Å². The lowest BCUT2D eigenvalue weighted by atomic mass is 10.1. The Balaban J connectivity index is 2.18. The largest absolute Gasteiger partial charge is 0.462 e. The summed E-state index contributed by atoms with van der Waals surface area (Å²) in [6.07, 6.45) is 4.79. The summed E-state index contributed by atoms with van der Waals surface area (Å²) in [4.78, 5) is 39.4. The van der Waals surface area contributed by atoms with Crippen LogP contribution in [0.25, 0.3) is 11.6 Å². The summed E-state index contributed by atoms with van der Waals surface area (Å²) in [6.45, 7) is 3.71. The Hall–Kier alpha value is -3.03. The van der Waals surface area contributed by atoms with Crippen LogP contribution in [0.2, 0.25) is 0 Å². The number of carbonyl (C=O) groups excluding carboxylic acids is 2. The zero-order chi connectivity index (χ0) is 18.0. The zero-order valence-corrected chi connectivity index (χ0v) is 14.0. The van der Waals surface area contributed by atoms with Crippen LogP contribution >= 0.6 is 0 Å². The first-order valence-corrected chi connectivity index (χ1v) is 8.12. The summed E-state index contributed by atoms with van der Waals surface area (Å²) < 4.78 is 10.0. The van der Waals surface area contributed by atoms with Gasteiger partial charge in [-0.05, 0) is 38.3 Å². The molecule has 1 fully saturated rings. The molecule has 132 valence electrons. The maximum atomic E-state index is 12.3. The van der Waals surface area contributed by atoms with Crippen LogP contribution in [-0.4, -0.2) is 40.3 Å². The van der Waals surface area contributed by atoms with Crippen molar-refractivity contribution in [1.82, 2.24) is 15.2 Å². The molecule has 0 amide bonds. The zero-order valence-electron chi connectivity index (χ0n) is 14.0. The Bertz CT molecular complexity index is 986. The molecule has 0 aliphatic heterocycles. The number of hydrogen-bond acceptors (Lipinski definition) is 5. The predicted molar refractivity (Wildman–Crippen MR) is 89.6 cm³/mol. The fourth-order valence-electron chi connectivity index (χ4n) is 2.59. The van der Waals surface area contributed by atoms with E-state index in [2.05, 4.69) is 15.2 Å². The molecule has 8 nitrogen and oxygen atoms in total. The summed E-state index contributed by atoms with van der Waals surface area (Å²) in [7, 11) is 0. The summed E-state index contributed by atoms with van der Waals surface area (Å²) in [5.41, 5.74) is 1.32. The highest BCUT2D eigenvalue weighted by Gasteiger charge is 2.24. The molecule has 2 heterocycles. The third-order valence-electron chi connectivity index (χ3n) is 3.84. The number of carbonyl (C=O) groups is 2. The molecule has 3 rings (SSSR count). The Kier molecular flexibility index (Phi) is 4.60. The second-order valence-corrected chi connectivity index (χ2v) is 5.55. The van der Waals surface area contributed by atoms with Gasteiger partial charge < -0.3 is 14.5 Å². The van der Waals surface area contributed by atoms with Crippen molar-refractivity contribution in [2.75, 3.05) is 13.2 Å². The van der Waals surface area contributed by atoms with Gasteiger partial charge in [0.25, 0.3) is 5.56 Å². The van der Waals surface area contributed by atoms with Gasteiger partial charge in [0.05, 0.1) is 40.6 Å². The van der Waals surface area contributed by atoms with E-state index in [-0.39, 0.29) is 29.9 Å². The SMILES string of the molecule is CCOC(=O)c1c[nH]c(C=c2c(=O)[nH][nH]c2=C2CC2)c1C(=O)OCC. The Labute approximate surface area is 142 Å². The lowest BCUT2D eigenvalue weighted by Gasteiger charge is -2.05. The molecular formula is C17H19N3O5. The molecule has 0 radical (unpaired) electrons. The van der Waals surface area contributed by atoms with Gasteiger partial charge in [-0.2, -0.15) is 0 Å². The van der Waals surface area contributed by atoms with Gasteiger partial charge in [0, 0.05) is 6.20 Å². The van der Waals surface area contributed by atoms with E-state index in [1.165, 1.54) is 6.20 Å². The standard InChI is InChI=1S/C17H19N3O5/c1-3-24-16(22)11-8-18-12(13(11)17(23)25-4-2)7-10-14(9-5-6-9)19-20-15(10)21/h7-8,18-19H,3-6H2,1-2H3,(H,20,21). The van der Waals surface area contributed by atoms with Crippen molar-refractivity contribution >= 4 is 23.6 Å². The first kappa shape index (κ1) is 16.8. The summed E-state index contributed by atoms with van der Waals surface area (Å²) in [6, 6.07) is 0. The second-order valence-electron chi connectivity index (χ2n) is 5.55. The van der Waals surface area contributed by atoms with E-state index >= 15 is 0 Å². The molecule has 2 aromatic rings. The van der Waals surface area contributed by atoms with E-state index in [1.54, 1.807) is 19.9 Å². The van der Waals surface area contributed by atoms with E-state index in [0.29, 0.717) is 10.9 Å². The molecule has 0 bridgehead atoms. The summed E-state index contributed by atoms with van der Waals surface area (Å²) in [5.74, 6) is -1.27. The maximum absolute atomic E-state index is 12.3. The number of esters is 2. The topological polar surface area (TPSA) is 117 Å². The molecule has 2 aromatic heterocycles. The fraction of sp³-hybridized carbons (Fsp3) is 0.353. The van der Waals surface area contributed by atoms with Crippen LogP contribution in [0.3, 0.4) is 0 Å². The molecule has 3 N–H and O–H groups in total. The third-order valence-corrected chi connectivity index (χ3v) is 3.84. The first-order chi connectivity index (χ1) is 12.1. The van der Waals surface area contributed by atoms with Crippen LogP contribution in [0.4, 0.5) is 0 Å². The van der Waals surface area contributed by atoms with Gasteiger partial charge in [-0.3, -0.25) is 15.0 Å². The van der Waals surface area contributed by atoms with Gasteiger partial charge >= 0.3 is 11.9 Å². The van der Waals surface area contributed by atoms with Crippen molar-refractivity contribution in [2.45, 2.75) is 26.7 Å². The number of rotatable bonds is 5. The number of aromatic nitrogens is 3.